The summed E-state index contributed by atoms with van der Waals surface area (Å²) in [6.45, 7) is 5.94. The van der Waals surface area contributed by atoms with E-state index in [2.05, 4.69) is 4.90 Å². The molecule has 8 heteroatoms. The summed E-state index contributed by atoms with van der Waals surface area (Å²) in [4.78, 5) is 29.5. The van der Waals surface area contributed by atoms with Gasteiger partial charge in [-0.1, -0.05) is 0 Å². The van der Waals surface area contributed by atoms with Gasteiger partial charge in [0.25, 0.3) is 11.7 Å². The molecule has 0 bridgehead atoms. The van der Waals surface area contributed by atoms with Gasteiger partial charge in [0.15, 0.2) is 0 Å². The van der Waals surface area contributed by atoms with E-state index in [4.69, 9.17) is 9.15 Å². The minimum atomic E-state index is -0.830. The maximum Gasteiger partial charge on any atom is 0.295 e. The molecule has 4 rings (SSSR count). The van der Waals surface area contributed by atoms with Crippen LogP contribution in [0.25, 0.3) is 5.76 Å². The van der Waals surface area contributed by atoms with Gasteiger partial charge in [0, 0.05) is 31.7 Å². The van der Waals surface area contributed by atoms with Crippen LogP contribution < -0.4 is 0 Å². The number of amides is 1. The van der Waals surface area contributed by atoms with Crippen LogP contribution in [0, 0.1) is 12.7 Å². The SMILES string of the molecule is Cc1ccc(C2/C(=C(/O)c3ccc(F)cc3)C(=O)C(=O)N2CCCN2CCOCC2)o1. The summed E-state index contributed by atoms with van der Waals surface area (Å²) in [6, 6.07) is 7.77. The number of hydrogen-bond donors (Lipinski definition) is 1. The molecule has 31 heavy (non-hydrogen) atoms. The number of ether oxygens (including phenoxy) is 1. The zero-order valence-electron chi connectivity index (χ0n) is 17.3. The Morgan fingerprint density at radius 1 is 1.10 bits per heavy atom. The van der Waals surface area contributed by atoms with Crippen molar-refractivity contribution < 1.29 is 28.2 Å². The number of aryl methyl sites for hydroxylation is 1. The second-order valence-electron chi connectivity index (χ2n) is 7.76. The Labute approximate surface area is 179 Å². The number of ketones is 1. The van der Waals surface area contributed by atoms with Crippen molar-refractivity contribution in [1.82, 2.24) is 9.80 Å². The number of aliphatic hydroxyl groups is 1. The van der Waals surface area contributed by atoms with Crippen LogP contribution in [0.3, 0.4) is 0 Å². The number of benzene rings is 1. The molecule has 2 fully saturated rings. The second kappa shape index (κ2) is 9.03. The lowest BCUT2D eigenvalue weighted by Gasteiger charge is -2.28. The van der Waals surface area contributed by atoms with Gasteiger partial charge in [0.1, 0.15) is 29.1 Å². The summed E-state index contributed by atoms with van der Waals surface area (Å²) in [5.74, 6) is -1.20. The van der Waals surface area contributed by atoms with Crippen LogP contribution >= 0.6 is 0 Å². The maximum absolute atomic E-state index is 13.3. The number of carbonyl (C=O) groups is 2. The molecule has 7 nitrogen and oxygen atoms in total. The number of carbonyl (C=O) groups excluding carboxylic acids is 2. The third kappa shape index (κ3) is 4.40. The zero-order chi connectivity index (χ0) is 22.0. The van der Waals surface area contributed by atoms with Gasteiger partial charge in [0.05, 0.1) is 18.8 Å². The molecular weight excluding hydrogens is 403 g/mol. The molecule has 3 heterocycles. The van der Waals surface area contributed by atoms with Gasteiger partial charge in [-0.25, -0.2) is 4.39 Å². The molecule has 1 aromatic carbocycles. The van der Waals surface area contributed by atoms with Crippen LogP contribution in [0.1, 0.15) is 29.5 Å². The van der Waals surface area contributed by atoms with Crippen molar-refractivity contribution in [2.24, 2.45) is 0 Å². The van der Waals surface area contributed by atoms with E-state index < -0.39 is 23.5 Å². The average molecular weight is 428 g/mol. The number of halogens is 1. The fourth-order valence-electron chi connectivity index (χ4n) is 4.06. The van der Waals surface area contributed by atoms with Crippen molar-refractivity contribution >= 4 is 17.4 Å². The van der Waals surface area contributed by atoms with Crippen LogP contribution in [0.4, 0.5) is 4.39 Å². The van der Waals surface area contributed by atoms with E-state index in [1.165, 1.54) is 29.2 Å². The van der Waals surface area contributed by atoms with Crippen molar-refractivity contribution in [2.45, 2.75) is 19.4 Å². The molecular formula is C23H25FN2O5. The van der Waals surface area contributed by atoms with Crippen LogP contribution in [0.5, 0.6) is 0 Å². The molecule has 0 aliphatic carbocycles. The largest absolute Gasteiger partial charge is 0.507 e. The average Bonchev–Trinajstić information content (AvgIpc) is 3.30. The predicted octanol–water partition coefficient (Wildman–Crippen LogP) is 2.87. The minimum absolute atomic E-state index is 0.0441. The molecule has 0 spiro atoms. The molecule has 0 saturated carbocycles. The lowest BCUT2D eigenvalue weighted by Crippen LogP contribution is -2.38. The zero-order valence-corrected chi connectivity index (χ0v) is 17.3. The van der Waals surface area contributed by atoms with Crippen molar-refractivity contribution in [3.05, 3.63) is 64.9 Å². The number of aliphatic hydroxyl groups excluding tert-OH is 1. The monoisotopic (exact) mass is 428 g/mol. The number of likely N-dealkylation sites (tertiary alicyclic amines) is 1. The molecule has 1 atom stereocenters. The minimum Gasteiger partial charge on any atom is -0.507 e. The Bertz CT molecular complexity index is 992. The smallest absolute Gasteiger partial charge is 0.295 e. The van der Waals surface area contributed by atoms with Crippen LogP contribution in [-0.4, -0.2) is 66.0 Å². The third-order valence-electron chi connectivity index (χ3n) is 5.67. The fraction of sp³-hybridized carbons (Fsp3) is 0.391. The first-order valence-corrected chi connectivity index (χ1v) is 10.4. The highest BCUT2D eigenvalue weighted by atomic mass is 19.1. The van der Waals surface area contributed by atoms with Gasteiger partial charge in [-0.2, -0.15) is 0 Å². The van der Waals surface area contributed by atoms with Gasteiger partial charge in [0.2, 0.25) is 0 Å². The number of morpholine rings is 1. The van der Waals surface area contributed by atoms with Crippen LogP contribution in [0.15, 0.2) is 46.4 Å². The topological polar surface area (TPSA) is 83.2 Å². The summed E-state index contributed by atoms with van der Waals surface area (Å²) in [7, 11) is 0. The van der Waals surface area contributed by atoms with Crippen molar-refractivity contribution in [2.75, 3.05) is 39.4 Å². The third-order valence-corrected chi connectivity index (χ3v) is 5.67. The van der Waals surface area contributed by atoms with Crippen molar-refractivity contribution in [1.29, 1.82) is 0 Å². The Balaban J connectivity index is 1.64. The van der Waals surface area contributed by atoms with Gasteiger partial charge in [-0.05, 0) is 49.7 Å². The first-order valence-electron chi connectivity index (χ1n) is 10.4. The van der Waals surface area contributed by atoms with Gasteiger partial charge >= 0.3 is 0 Å². The highest BCUT2D eigenvalue weighted by molar-refractivity contribution is 6.46. The van der Waals surface area contributed by atoms with E-state index in [0.717, 1.165) is 19.6 Å². The first kappa shape index (κ1) is 21.3. The van der Waals surface area contributed by atoms with Gasteiger partial charge in [-0.15, -0.1) is 0 Å². The molecule has 1 unspecified atom stereocenters. The van der Waals surface area contributed by atoms with E-state index in [-0.39, 0.29) is 16.9 Å². The molecule has 2 aliphatic heterocycles. The van der Waals surface area contributed by atoms with E-state index in [1.54, 1.807) is 19.1 Å². The maximum atomic E-state index is 13.3. The van der Waals surface area contributed by atoms with Gasteiger partial charge < -0.3 is 19.2 Å². The number of hydrogen-bond acceptors (Lipinski definition) is 6. The Morgan fingerprint density at radius 3 is 2.45 bits per heavy atom. The lowest BCUT2D eigenvalue weighted by molar-refractivity contribution is -0.140. The Kier molecular flexibility index (Phi) is 6.20. The second-order valence-corrected chi connectivity index (χ2v) is 7.76. The van der Waals surface area contributed by atoms with Crippen molar-refractivity contribution in [3.63, 3.8) is 0 Å². The van der Waals surface area contributed by atoms with Crippen molar-refractivity contribution in [3.8, 4) is 0 Å². The lowest BCUT2D eigenvalue weighted by atomic mass is 9.99. The molecule has 0 radical (unpaired) electrons. The normalized spacial score (nSPS) is 21.7. The number of Topliss-reactive ketones (excluding diaryl/α,β-unsaturated/α-hetero) is 1. The number of furan rings is 1. The highest BCUT2D eigenvalue weighted by Gasteiger charge is 2.47. The molecule has 164 valence electrons. The van der Waals surface area contributed by atoms with Crippen LogP contribution in [-0.2, 0) is 14.3 Å². The van der Waals surface area contributed by atoms with E-state index >= 15 is 0 Å². The molecule has 2 aromatic rings. The molecule has 2 saturated heterocycles. The van der Waals surface area contributed by atoms with Crippen LogP contribution in [0.2, 0.25) is 0 Å². The predicted molar refractivity (Wildman–Crippen MR) is 111 cm³/mol. The summed E-state index contributed by atoms with van der Waals surface area (Å²) in [5.41, 5.74) is 0.221. The first-order chi connectivity index (χ1) is 15.0. The Morgan fingerprint density at radius 2 is 1.81 bits per heavy atom. The van der Waals surface area contributed by atoms with Gasteiger partial charge in [-0.3, -0.25) is 14.5 Å². The summed E-state index contributed by atoms with van der Waals surface area (Å²) in [6.07, 6.45) is 0.666. The number of rotatable bonds is 6. The quantitative estimate of drug-likeness (QED) is 0.433. The van der Waals surface area contributed by atoms with E-state index in [9.17, 15) is 19.1 Å². The summed E-state index contributed by atoms with van der Waals surface area (Å²) >= 11 is 0. The molecule has 2 aliphatic rings. The van der Waals surface area contributed by atoms with E-state index in [0.29, 0.717) is 37.7 Å². The summed E-state index contributed by atoms with van der Waals surface area (Å²) in [5, 5.41) is 10.9. The molecule has 1 amide bonds. The molecule has 1 aromatic heterocycles. The fourth-order valence-corrected chi connectivity index (χ4v) is 4.06. The highest BCUT2D eigenvalue weighted by Crippen LogP contribution is 2.40. The van der Waals surface area contributed by atoms with E-state index in [1.807, 2.05) is 0 Å². The Hall–Kier alpha value is -2.97. The molecule has 1 N–H and O–H groups in total. The standard InChI is InChI=1S/C23H25FN2O5/c1-15-3-8-18(31-15)20-19(21(27)16-4-6-17(24)7-5-16)22(28)23(29)26(20)10-2-9-25-11-13-30-14-12-25/h3-8,20,27H,2,9-14H2,1H3/b21-19-. The summed E-state index contributed by atoms with van der Waals surface area (Å²) < 4.78 is 24.4. The number of nitrogens with zero attached hydrogens (tertiary/aromatic N) is 2.